The largest absolute Gasteiger partial charge is 0.464 e. The molecule has 5 nitrogen and oxygen atoms in total. The summed E-state index contributed by atoms with van der Waals surface area (Å²) in [6.45, 7) is 5.77. The highest BCUT2D eigenvalue weighted by molar-refractivity contribution is 5.81. The van der Waals surface area contributed by atoms with E-state index in [0.717, 1.165) is 5.52 Å². The number of carbonyl (C=O) groups is 1. The molecule has 0 unspecified atom stereocenters. The van der Waals surface area contributed by atoms with Gasteiger partial charge in [-0.15, -0.1) is 0 Å². The Hall–Kier alpha value is -1.91. The van der Waals surface area contributed by atoms with Crippen LogP contribution >= 0.6 is 0 Å². The molecule has 0 aromatic carbocycles. The predicted molar refractivity (Wildman–Crippen MR) is 63.5 cm³/mol. The van der Waals surface area contributed by atoms with Crippen LogP contribution in [-0.4, -0.2) is 27.1 Å². The monoisotopic (exact) mass is 233 g/mol. The van der Waals surface area contributed by atoms with Crippen molar-refractivity contribution >= 4 is 17.1 Å². The van der Waals surface area contributed by atoms with Gasteiger partial charge in [-0.1, -0.05) is 0 Å². The number of hydrogen-bond donors (Lipinski definition) is 0. The minimum Gasteiger partial charge on any atom is -0.464 e. The number of hydrogen-bond acceptors (Lipinski definition) is 4. The average Bonchev–Trinajstić information content (AvgIpc) is 2.73. The van der Waals surface area contributed by atoms with Gasteiger partial charge in [-0.2, -0.15) is 0 Å². The lowest BCUT2D eigenvalue weighted by atomic mass is 10.1. The first-order valence-electron chi connectivity index (χ1n) is 5.53. The molecule has 5 heteroatoms. The highest BCUT2D eigenvalue weighted by Crippen LogP contribution is 2.22. The Morgan fingerprint density at radius 1 is 1.47 bits per heavy atom. The SMILES string of the molecule is CCOC(=O)C(C)(C)n1cnc2ncccc21. The molecule has 0 saturated heterocycles. The van der Waals surface area contributed by atoms with Gasteiger partial charge in [0.15, 0.2) is 5.65 Å². The summed E-state index contributed by atoms with van der Waals surface area (Å²) in [5, 5.41) is 0. The van der Waals surface area contributed by atoms with E-state index in [2.05, 4.69) is 9.97 Å². The Morgan fingerprint density at radius 2 is 2.24 bits per heavy atom. The zero-order valence-electron chi connectivity index (χ0n) is 10.2. The second kappa shape index (κ2) is 4.16. The van der Waals surface area contributed by atoms with Crippen molar-refractivity contribution < 1.29 is 9.53 Å². The molecule has 0 spiro atoms. The maximum Gasteiger partial charge on any atom is 0.331 e. The van der Waals surface area contributed by atoms with Crippen LogP contribution in [0.5, 0.6) is 0 Å². The third-order valence-electron chi connectivity index (χ3n) is 2.70. The van der Waals surface area contributed by atoms with E-state index in [0.29, 0.717) is 12.3 Å². The second-order valence-corrected chi connectivity index (χ2v) is 4.24. The van der Waals surface area contributed by atoms with E-state index in [1.54, 1.807) is 37.9 Å². The van der Waals surface area contributed by atoms with Crippen molar-refractivity contribution in [2.45, 2.75) is 26.3 Å². The molecule has 2 aromatic heterocycles. The van der Waals surface area contributed by atoms with Crippen LogP contribution in [0.4, 0.5) is 0 Å². The maximum atomic E-state index is 11.9. The second-order valence-electron chi connectivity index (χ2n) is 4.24. The smallest absolute Gasteiger partial charge is 0.331 e. The molecule has 90 valence electrons. The lowest BCUT2D eigenvalue weighted by Gasteiger charge is -2.24. The van der Waals surface area contributed by atoms with Gasteiger partial charge < -0.3 is 9.30 Å². The zero-order chi connectivity index (χ0) is 12.5. The lowest BCUT2D eigenvalue weighted by molar-refractivity contribution is -0.152. The topological polar surface area (TPSA) is 57.0 Å². The minimum atomic E-state index is -0.784. The van der Waals surface area contributed by atoms with Crippen LogP contribution in [0.1, 0.15) is 20.8 Å². The Balaban J connectivity index is 2.48. The summed E-state index contributed by atoms with van der Waals surface area (Å²) in [6, 6.07) is 3.71. The quantitative estimate of drug-likeness (QED) is 0.757. The van der Waals surface area contributed by atoms with Crippen molar-refractivity contribution in [1.82, 2.24) is 14.5 Å². The van der Waals surface area contributed by atoms with Gasteiger partial charge in [0.1, 0.15) is 5.54 Å². The molecule has 0 aliphatic heterocycles. The van der Waals surface area contributed by atoms with Crippen molar-refractivity contribution in [3.63, 3.8) is 0 Å². The van der Waals surface area contributed by atoms with Crippen molar-refractivity contribution in [3.8, 4) is 0 Å². The van der Waals surface area contributed by atoms with Crippen LogP contribution in [-0.2, 0) is 15.1 Å². The minimum absolute atomic E-state index is 0.275. The number of ether oxygens (including phenoxy) is 1. The van der Waals surface area contributed by atoms with Gasteiger partial charge in [-0.05, 0) is 32.9 Å². The first-order chi connectivity index (χ1) is 8.07. The van der Waals surface area contributed by atoms with E-state index in [1.807, 2.05) is 12.1 Å². The number of aromatic nitrogens is 3. The normalized spacial score (nSPS) is 11.7. The fourth-order valence-corrected chi connectivity index (χ4v) is 1.70. The summed E-state index contributed by atoms with van der Waals surface area (Å²) >= 11 is 0. The lowest BCUT2D eigenvalue weighted by Crippen LogP contribution is -2.36. The summed E-state index contributed by atoms with van der Waals surface area (Å²) in [6.07, 6.45) is 3.30. The molecule has 0 atom stereocenters. The average molecular weight is 233 g/mol. The molecule has 0 radical (unpaired) electrons. The zero-order valence-corrected chi connectivity index (χ0v) is 10.2. The molecule has 17 heavy (non-hydrogen) atoms. The summed E-state index contributed by atoms with van der Waals surface area (Å²) in [5.74, 6) is -0.275. The Kier molecular flexibility index (Phi) is 2.83. The maximum absolute atomic E-state index is 11.9. The van der Waals surface area contributed by atoms with Crippen LogP contribution in [0.3, 0.4) is 0 Å². The van der Waals surface area contributed by atoms with Crippen molar-refractivity contribution in [2.75, 3.05) is 6.61 Å². The van der Waals surface area contributed by atoms with E-state index in [4.69, 9.17) is 4.74 Å². The van der Waals surface area contributed by atoms with Crippen LogP contribution in [0.15, 0.2) is 24.7 Å². The van der Waals surface area contributed by atoms with E-state index in [9.17, 15) is 4.79 Å². The van der Waals surface area contributed by atoms with Gasteiger partial charge in [0.05, 0.1) is 18.5 Å². The van der Waals surface area contributed by atoms with Gasteiger partial charge >= 0.3 is 5.97 Å². The third kappa shape index (κ3) is 1.88. The number of nitrogens with zero attached hydrogens (tertiary/aromatic N) is 3. The Bertz CT molecular complexity index is 545. The van der Waals surface area contributed by atoms with Gasteiger partial charge in [0, 0.05) is 6.20 Å². The number of fused-ring (bicyclic) bond motifs is 1. The van der Waals surface area contributed by atoms with Crippen LogP contribution in [0, 0.1) is 0 Å². The van der Waals surface area contributed by atoms with E-state index in [1.165, 1.54) is 0 Å². The molecule has 0 N–H and O–H groups in total. The highest BCUT2D eigenvalue weighted by Gasteiger charge is 2.32. The molecule has 0 fully saturated rings. The summed E-state index contributed by atoms with van der Waals surface area (Å²) in [4.78, 5) is 20.2. The number of imidazole rings is 1. The van der Waals surface area contributed by atoms with Crippen molar-refractivity contribution in [3.05, 3.63) is 24.7 Å². The molecule has 0 saturated carbocycles. The molecule has 0 bridgehead atoms. The summed E-state index contributed by atoms with van der Waals surface area (Å²) in [7, 11) is 0. The molecular formula is C12H15N3O2. The fourth-order valence-electron chi connectivity index (χ4n) is 1.70. The molecule has 2 rings (SSSR count). The standard InChI is InChI=1S/C12H15N3O2/c1-4-17-11(16)12(2,3)15-8-14-10-9(15)6-5-7-13-10/h5-8H,4H2,1-3H3. The fraction of sp³-hybridized carbons (Fsp3) is 0.417. The number of carbonyl (C=O) groups excluding carboxylic acids is 1. The number of rotatable bonds is 3. The first kappa shape index (κ1) is 11.6. The highest BCUT2D eigenvalue weighted by atomic mass is 16.5. The van der Waals surface area contributed by atoms with Crippen molar-refractivity contribution in [1.29, 1.82) is 0 Å². The van der Waals surface area contributed by atoms with Crippen LogP contribution in [0.25, 0.3) is 11.2 Å². The molecule has 2 aromatic rings. The predicted octanol–water partition coefficient (Wildman–Crippen LogP) is 1.73. The van der Waals surface area contributed by atoms with E-state index < -0.39 is 5.54 Å². The third-order valence-corrected chi connectivity index (χ3v) is 2.70. The number of pyridine rings is 1. The summed E-state index contributed by atoms with van der Waals surface area (Å²) < 4.78 is 6.86. The van der Waals surface area contributed by atoms with E-state index in [-0.39, 0.29) is 5.97 Å². The Morgan fingerprint density at radius 3 is 2.94 bits per heavy atom. The molecule has 0 amide bonds. The van der Waals surface area contributed by atoms with Gasteiger partial charge in [-0.25, -0.2) is 14.8 Å². The van der Waals surface area contributed by atoms with E-state index >= 15 is 0 Å². The summed E-state index contributed by atoms with van der Waals surface area (Å²) in [5.41, 5.74) is 0.670. The molecule has 0 aliphatic rings. The van der Waals surface area contributed by atoms with Gasteiger partial charge in [-0.3, -0.25) is 0 Å². The molecular weight excluding hydrogens is 218 g/mol. The molecule has 0 aliphatic carbocycles. The first-order valence-corrected chi connectivity index (χ1v) is 5.53. The molecule has 2 heterocycles. The number of esters is 1. The van der Waals surface area contributed by atoms with Crippen molar-refractivity contribution in [2.24, 2.45) is 0 Å². The van der Waals surface area contributed by atoms with Gasteiger partial charge in [0.25, 0.3) is 0 Å². The Labute approximate surface area is 99.4 Å². The van der Waals surface area contributed by atoms with Gasteiger partial charge in [0.2, 0.25) is 0 Å². The van der Waals surface area contributed by atoms with Crippen LogP contribution < -0.4 is 0 Å². The van der Waals surface area contributed by atoms with Crippen LogP contribution in [0.2, 0.25) is 0 Å².